The zero-order valence-electron chi connectivity index (χ0n) is 14.6. The van der Waals surface area contributed by atoms with Crippen molar-refractivity contribution in [2.75, 3.05) is 5.32 Å². The van der Waals surface area contributed by atoms with E-state index in [2.05, 4.69) is 5.32 Å². The van der Waals surface area contributed by atoms with Crippen molar-refractivity contribution in [2.45, 2.75) is 20.0 Å². The highest BCUT2D eigenvalue weighted by molar-refractivity contribution is 6.31. The van der Waals surface area contributed by atoms with E-state index in [0.29, 0.717) is 32.8 Å². The average molecular weight is 383 g/mol. The maximum Gasteiger partial charge on any atom is 0.375 e. The molecule has 1 heterocycles. The Morgan fingerprint density at radius 3 is 2.59 bits per heavy atom. The number of nitrogens with zero attached hydrogens (tertiary/aromatic N) is 1. The van der Waals surface area contributed by atoms with E-state index in [1.54, 1.807) is 49.4 Å². The molecule has 2 aromatic carbocycles. The average Bonchev–Trinajstić information content (AvgIpc) is 2.98. The van der Waals surface area contributed by atoms with Crippen LogP contribution in [0.5, 0.6) is 0 Å². The third-order valence-electron chi connectivity index (χ3n) is 4.02. The SMILES string of the molecule is Cc1c(C(=O)O[C@@H](C)C(=O)Nc2ccc(C#N)cc2)oc2ccc(Cl)cc12. The number of esters is 1. The standard InChI is InChI=1S/C20H15ClN2O4/c1-11-16-9-14(21)5-8-17(16)27-18(11)20(25)26-12(2)19(24)23-15-6-3-13(10-22)4-7-15/h3-9,12H,1-2H3,(H,23,24)/t12-/m0/s1. The predicted molar refractivity (Wildman–Crippen MR) is 101 cm³/mol. The lowest BCUT2D eigenvalue weighted by molar-refractivity contribution is -0.123. The predicted octanol–water partition coefficient (Wildman–Crippen LogP) is 4.45. The number of nitrogens with one attached hydrogen (secondary N) is 1. The molecule has 7 heteroatoms. The number of hydrogen-bond acceptors (Lipinski definition) is 5. The summed E-state index contributed by atoms with van der Waals surface area (Å²) in [5, 5.41) is 12.7. The lowest BCUT2D eigenvalue weighted by Gasteiger charge is -2.13. The number of ether oxygens (including phenoxy) is 1. The summed E-state index contributed by atoms with van der Waals surface area (Å²) in [6.07, 6.45) is -1.04. The molecule has 0 fully saturated rings. The van der Waals surface area contributed by atoms with Gasteiger partial charge in [0, 0.05) is 21.7 Å². The van der Waals surface area contributed by atoms with Crippen molar-refractivity contribution in [1.29, 1.82) is 5.26 Å². The molecule has 0 aliphatic rings. The zero-order valence-corrected chi connectivity index (χ0v) is 15.3. The topological polar surface area (TPSA) is 92.3 Å². The fraction of sp³-hybridized carbons (Fsp3) is 0.150. The van der Waals surface area contributed by atoms with Gasteiger partial charge < -0.3 is 14.5 Å². The number of nitriles is 1. The Balaban J connectivity index is 1.70. The Bertz CT molecular complexity index is 1060. The first-order chi connectivity index (χ1) is 12.9. The molecule has 1 aromatic heterocycles. The van der Waals surface area contributed by atoms with Crippen molar-refractivity contribution < 1.29 is 18.7 Å². The number of carbonyl (C=O) groups excluding carboxylic acids is 2. The normalized spacial score (nSPS) is 11.6. The van der Waals surface area contributed by atoms with Crippen LogP contribution in [0.15, 0.2) is 46.9 Å². The van der Waals surface area contributed by atoms with E-state index >= 15 is 0 Å². The number of halogens is 1. The summed E-state index contributed by atoms with van der Waals surface area (Å²) < 4.78 is 10.8. The minimum Gasteiger partial charge on any atom is -0.449 e. The fourth-order valence-corrected chi connectivity index (χ4v) is 2.70. The molecule has 0 saturated heterocycles. The van der Waals surface area contributed by atoms with Crippen molar-refractivity contribution in [3.8, 4) is 6.07 Å². The van der Waals surface area contributed by atoms with E-state index in [-0.39, 0.29) is 5.76 Å². The van der Waals surface area contributed by atoms with Crippen LogP contribution in [0, 0.1) is 18.3 Å². The van der Waals surface area contributed by atoms with Gasteiger partial charge in [0.15, 0.2) is 6.10 Å². The molecule has 0 radical (unpaired) electrons. The third kappa shape index (κ3) is 3.94. The second kappa shape index (κ2) is 7.52. The van der Waals surface area contributed by atoms with Crippen LogP contribution in [0.2, 0.25) is 5.02 Å². The van der Waals surface area contributed by atoms with Crippen LogP contribution in [-0.2, 0) is 9.53 Å². The van der Waals surface area contributed by atoms with Crippen LogP contribution < -0.4 is 5.32 Å². The summed E-state index contributed by atoms with van der Waals surface area (Å²) in [4.78, 5) is 24.6. The smallest absolute Gasteiger partial charge is 0.375 e. The fourth-order valence-electron chi connectivity index (χ4n) is 2.53. The van der Waals surface area contributed by atoms with Gasteiger partial charge in [-0.2, -0.15) is 5.26 Å². The van der Waals surface area contributed by atoms with Crippen LogP contribution in [0.3, 0.4) is 0 Å². The minimum absolute atomic E-state index is 0.0327. The first kappa shape index (κ1) is 18.5. The first-order valence-electron chi connectivity index (χ1n) is 8.09. The molecular weight excluding hydrogens is 368 g/mol. The van der Waals surface area contributed by atoms with E-state index in [1.807, 2.05) is 6.07 Å². The molecule has 0 spiro atoms. The number of fused-ring (bicyclic) bond motifs is 1. The van der Waals surface area contributed by atoms with Crippen LogP contribution in [0.25, 0.3) is 11.0 Å². The van der Waals surface area contributed by atoms with Gasteiger partial charge in [-0.15, -0.1) is 0 Å². The van der Waals surface area contributed by atoms with Gasteiger partial charge in [0.25, 0.3) is 5.91 Å². The molecule has 6 nitrogen and oxygen atoms in total. The van der Waals surface area contributed by atoms with Crippen molar-refractivity contribution in [3.63, 3.8) is 0 Å². The summed E-state index contributed by atoms with van der Waals surface area (Å²) in [7, 11) is 0. The molecule has 1 amide bonds. The summed E-state index contributed by atoms with van der Waals surface area (Å²) in [5.74, 6) is -1.20. The van der Waals surface area contributed by atoms with E-state index < -0.39 is 18.0 Å². The molecule has 1 N–H and O–H groups in total. The Morgan fingerprint density at radius 1 is 1.22 bits per heavy atom. The number of rotatable bonds is 4. The molecule has 0 unspecified atom stereocenters. The largest absolute Gasteiger partial charge is 0.449 e. The Kier molecular flexibility index (Phi) is 5.15. The van der Waals surface area contributed by atoms with Gasteiger partial charge in [0.2, 0.25) is 5.76 Å². The number of aryl methyl sites for hydroxylation is 1. The van der Waals surface area contributed by atoms with Crippen LogP contribution in [0.1, 0.15) is 28.6 Å². The van der Waals surface area contributed by atoms with Gasteiger partial charge in [-0.05, 0) is 56.3 Å². The molecule has 27 heavy (non-hydrogen) atoms. The van der Waals surface area contributed by atoms with Gasteiger partial charge >= 0.3 is 5.97 Å². The molecule has 0 saturated carbocycles. The Hall–Kier alpha value is -3.30. The van der Waals surface area contributed by atoms with E-state index in [0.717, 1.165) is 0 Å². The van der Waals surface area contributed by atoms with Gasteiger partial charge in [-0.1, -0.05) is 11.6 Å². The van der Waals surface area contributed by atoms with Crippen molar-refractivity contribution in [3.05, 3.63) is 64.4 Å². The Morgan fingerprint density at radius 2 is 1.93 bits per heavy atom. The number of amides is 1. The maximum absolute atomic E-state index is 12.4. The lowest BCUT2D eigenvalue weighted by atomic mass is 10.1. The molecular formula is C20H15ClN2O4. The van der Waals surface area contributed by atoms with Crippen molar-refractivity contribution in [1.82, 2.24) is 0 Å². The minimum atomic E-state index is -1.04. The van der Waals surface area contributed by atoms with Crippen LogP contribution in [0.4, 0.5) is 5.69 Å². The van der Waals surface area contributed by atoms with E-state index in [1.165, 1.54) is 6.92 Å². The van der Waals surface area contributed by atoms with E-state index in [4.69, 9.17) is 26.0 Å². The van der Waals surface area contributed by atoms with Crippen LogP contribution >= 0.6 is 11.6 Å². The number of hydrogen-bond donors (Lipinski definition) is 1. The molecule has 1 atom stereocenters. The van der Waals surface area contributed by atoms with E-state index in [9.17, 15) is 9.59 Å². The maximum atomic E-state index is 12.4. The van der Waals surface area contributed by atoms with Crippen molar-refractivity contribution >= 4 is 40.1 Å². The number of carbonyl (C=O) groups is 2. The molecule has 3 rings (SSSR count). The van der Waals surface area contributed by atoms with Crippen molar-refractivity contribution in [2.24, 2.45) is 0 Å². The molecule has 136 valence electrons. The van der Waals surface area contributed by atoms with Gasteiger partial charge in [0.05, 0.1) is 11.6 Å². The highest BCUT2D eigenvalue weighted by Crippen LogP contribution is 2.28. The summed E-state index contributed by atoms with van der Waals surface area (Å²) in [6, 6.07) is 13.4. The van der Waals surface area contributed by atoms with Gasteiger partial charge in [-0.3, -0.25) is 4.79 Å². The number of anilines is 1. The van der Waals surface area contributed by atoms with Gasteiger partial charge in [0.1, 0.15) is 5.58 Å². The molecule has 0 aliphatic carbocycles. The molecule has 0 aliphatic heterocycles. The first-order valence-corrected chi connectivity index (χ1v) is 8.47. The second-order valence-corrected chi connectivity index (χ2v) is 6.36. The zero-order chi connectivity index (χ0) is 19.6. The number of furan rings is 1. The van der Waals surface area contributed by atoms with Gasteiger partial charge in [-0.25, -0.2) is 4.79 Å². The summed E-state index contributed by atoms with van der Waals surface area (Å²) in [5.41, 5.74) is 2.08. The highest BCUT2D eigenvalue weighted by Gasteiger charge is 2.24. The number of benzene rings is 2. The second-order valence-electron chi connectivity index (χ2n) is 5.92. The monoisotopic (exact) mass is 382 g/mol. The molecule has 3 aromatic rings. The highest BCUT2D eigenvalue weighted by atomic mass is 35.5. The Labute approximate surface area is 160 Å². The summed E-state index contributed by atoms with van der Waals surface area (Å²) in [6.45, 7) is 3.19. The third-order valence-corrected chi connectivity index (χ3v) is 4.25. The molecule has 0 bridgehead atoms. The summed E-state index contributed by atoms with van der Waals surface area (Å²) >= 11 is 5.97. The van der Waals surface area contributed by atoms with Crippen LogP contribution in [-0.4, -0.2) is 18.0 Å². The quantitative estimate of drug-likeness (QED) is 0.673. The lowest BCUT2D eigenvalue weighted by Crippen LogP contribution is -2.30.